The van der Waals surface area contributed by atoms with Crippen molar-refractivity contribution in [2.45, 2.75) is 13.8 Å². The zero-order valence-corrected chi connectivity index (χ0v) is 13.1. The minimum absolute atomic E-state index is 0.327. The molecule has 112 valence electrons. The quantitative estimate of drug-likeness (QED) is 0.894. The minimum Gasteiger partial charge on any atom is -0.507 e. The summed E-state index contributed by atoms with van der Waals surface area (Å²) >= 11 is 0. The second kappa shape index (κ2) is 7.02. The minimum atomic E-state index is 0.327. The van der Waals surface area contributed by atoms with Crippen LogP contribution in [0, 0.1) is 0 Å². The molecule has 0 amide bonds. The highest BCUT2D eigenvalue weighted by Crippen LogP contribution is 2.26. The Morgan fingerprint density at radius 3 is 2.57 bits per heavy atom. The first-order valence-electron chi connectivity index (χ1n) is 7.48. The molecule has 0 saturated heterocycles. The number of rotatable bonds is 5. The molecule has 1 heterocycles. The fourth-order valence-electron chi connectivity index (χ4n) is 2.36. The molecule has 0 atom stereocenters. The Bertz CT molecular complexity index is 569. The molecule has 1 aliphatic heterocycles. The Labute approximate surface area is 127 Å². The summed E-state index contributed by atoms with van der Waals surface area (Å²) in [6, 6.07) is 5.87. The molecule has 0 saturated carbocycles. The summed E-state index contributed by atoms with van der Waals surface area (Å²) in [6.07, 6.45) is 10.3. The van der Waals surface area contributed by atoms with Crippen LogP contribution in [-0.4, -0.2) is 36.7 Å². The van der Waals surface area contributed by atoms with Crippen LogP contribution in [0.1, 0.15) is 19.4 Å². The first-order valence-corrected chi connectivity index (χ1v) is 7.48. The molecule has 0 aromatic heterocycles. The van der Waals surface area contributed by atoms with Crippen LogP contribution in [0.2, 0.25) is 0 Å². The predicted octanol–water partition coefficient (Wildman–Crippen LogP) is 3.64. The lowest BCUT2D eigenvalue weighted by Crippen LogP contribution is -2.21. The SMILES string of the molecule is CCN(CC)c1ccc(/C=C/C2=CCN(C)C=C2)c(O)c1. The first kappa shape index (κ1) is 15.2. The van der Waals surface area contributed by atoms with Crippen LogP contribution in [0.4, 0.5) is 5.69 Å². The van der Waals surface area contributed by atoms with Crippen molar-refractivity contribution in [2.75, 3.05) is 31.6 Å². The molecular formula is C18H24N2O. The largest absolute Gasteiger partial charge is 0.507 e. The number of anilines is 1. The Kier molecular flexibility index (Phi) is 5.09. The summed E-state index contributed by atoms with van der Waals surface area (Å²) in [6.45, 7) is 7.04. The van der Waals surface area contributed by atoms with E-state index in [1.165, 1.54) is 5.57 Å². The van der Waals surface area contributed by atoms with Gasteiger partial charge in [-0.25, -0.2) is 0 Å². The van der Waals surface area contributed by atoms with Gasteiger partial charge in [0.05, 0.1) is 0 Å². The Morgan fingerprint density at radius 2 is 2.00 bits per heavy atom. The molecular weight excluding hydrogens is 260 g/mol. The number of likely N-dealkylation sites (N-methyl/N-ethyl adjacent to an activating group) is 1. The van der Waals surface area contributed by atoms with Crippen LogP contribution < -0.4 is 4.90 Å². The molecule has 0 radical (unpaired) electrons. The van der Waals surface area contributed by atoms with E-state index in [0.29, 0.717) is 5.75 Å². The molecule has 0 spiro atoms. The van der Waals surface area contributed by atoms with Gasteiger partial charge in [-0.1, -0.05) is 18.2 Å². The number of allylic oxidation sites excluding steroid dienone is 3. The van der Waals surface area contributed by atoms with Gasteiger partial charge in [-0.2, -0.15) is 0 Å². The molecule has 1 aromatic carbocycles. The van der Waals surface area contributed by atoms with Gasteiger partial charge >= 0.3 is 0 Å². The summed E-state index contributed by atoms with van der Waals surface area (Å²) in [5.74, 6) is 0.327. The molecule has 1 aliphatic rings. The van der Waals surface area contributed by atoms with E-state index < -0.39 is 0 Å². The van der Waals surface area contributed by atoms with Gasteiger partial charge in [0.1, 0.15) is 5.75 Å². The third-order valence-electron chi connectivity index (χ3n) is 3.73. The second-order valence-corrected chi connectivity index (χ2v) is 5.21. The van der Waals surface area contributed by atoms with Crippen molar-refractivity contribution in [3.63, 3.8) is 0 Å². The van der Waals surface area contributed by atoms with E-state index in [1.807, 2.05) is 31.3 Å². The van der Waals surface area contributed by atoms with Crippen LogP contribution in [-0.2, 0) is 0 Å². The Morgan fingerprint density at radius 1 is 1.24 bits per heavy atom. The van der Waals surface area contributed by atoms with E-state index in [2.05, 4.69) is 48.1 Å². The molecule has 0 unspecified atom stereocenters. The Balaban J connectivity index is 2.13. The standard InChI is InChI=1S/C18H24N2O/c1-4-20(5-2)17-9-8-16(18(21)14-17)7-6-15-10-12-19(3)13-11-15/h6-12,14,21H,4-5,13H2,1-3H3/b7-6+. The van der Waals surface area contributed by atoms with E-state index in [4.69, 9.17) is 0 Å². The van der Waals surface area contributed by atoms with Crippen molar-refractivity contribution < 1.29 is 5.11 Å². The van der Waals surface area contributed by atoms with E-state index in [0.717, 1.165) is 30.9 Å². The van der Waals surface area contributed by atoms with Gasteiger partial charge in [-0.3, -0.25) is 0 Å². The van der Waals surface area contributed by atoms with Gasteiger partial charge in [0.15, 0.2) is 0 Å². The van der Waals surface area contributed by atoms with Crippen LogP contribution in [0.15, 0.2) is 48.2 Å². The van der Waals surface area contributed by atoms with Gasteiger partial charge < -0.3 is 14.9 Å². The highest BCUT2D eigenvalue weighted by Gasteiger charge is 2.05. The lowest BCUT2D eigenvalue weighted by molar-refractivity contribution is 0.474. The summed E-state index contributed by atoms with van der Waals surface area (Å²) < 4.78 is 0. The summed E-state index contributed by atoms with van der Waals surface area (Å²) in [7, 11) is 2.05. The maximum atomic E-state index is 10.2. The van der Waals surface area contributed by atoms with E-state index >= 15 is 0 Å². The number of hydrogen-bond acceptors (Lipinski definition) is 3. The molecule has 0 fully saturated rings. The van der Waals surface area contributed by atoms with Crippen LogP contribution in [0.3, 0.4) is 0 Å². The van der Waals surface area contributed by atoms with Crippen molar-refractivity contribution in [2.24, 2.45) is 0 Å². The van der Waals surface area contributed by atoms with Crippen LogP contribution in [0.5, 0.6) is 5.75 Å². The second-order valence-electron chi connectivity index (χ2n) is 5.21. The molecule has 1 N–H and O–H groups in total. The monoisotopic (exact) mass is 284 g/mol. The average Bonchev–Trinajstić information content (AvgIpc) is 2.49. The number of phenols is 1. The number of phenolic OH excluding ortho intramolecular Hbond substituents is 1. The first-order chi connectivity index (χ1) is 10.1. The highest BCUT2D eigenvalue weighted by molar-refractivity contribution is 5.65. The maximum absolute atomic E-state index is 10.2. The predicted molar refractivity (Wildman–Crippen MR) is 90.6 cm³/mol. The summed E-state index contributed by atoms with van der Waals surface area (Å²) in [5, 5.41) is 10.2. The smallest absolute Gasteiger partial charge is 0.124 e. The van der Waals surface area contributed by atoms with E-state index in [9.17, 15) is 5.11 Å². The van der Waals surface area contributed by atoms with Gasteiger partial charge in [-0.05, 0) is 43.8 Å². The van der Waals surface area contributed by atoms with Crippen molar-refractivity contribution in [3.8, 4) is 5.75 Å². The number of benzene rings is 1. The lowest BCUT2D eigenvalue weighted by Gasteiger charge is -2.21. The van der Waals surface area contributed by atoms with Gasteiger partial charge in [-0.15, -0.1) is 0 Å². The molecule has 3 nitrogen and oxygen atoms in total. The number of nitrogens with zero attached hydrogens (tertiary/aromatic N) is 2. The molecule has 3 heteroatoms. The average molecular weight is 284 g/mol. The molecule has 1 aromatic rings. The third-order valence-corrected chi connectivity index (χ3v) is 3.73. The van der Waals surface area contributed by atoms with Gasteiger partial charge in [0, 0.05) is 44.0 Å². The van der Waals surface area contributed by atoms with Gasteiger partial charge in [0.25, 0.3) is 0 Å². The molecule has 21 heavy (non-hydrogen) atoms. The molecule has 0 bridgehead atoms. The van der Waals surface area contributed by atoms with E-state index in [1.54, 1.807) is 0 Å². The summed E-state index contributed by atoms with van der Waals surface area (Å²) in [4.78, 5) is 4.34. The Hall–Kier alpha value is -2.16. The van der Waals surface area contributed by atoms with Crippen LogP contribution in [0.25, 0.3) is 6.08 Å². The maximum Gasteiger partial charge on any atom is 0.124 e. The zero-order chi connectivity index (χ0) is 15.2. The number of hydrogen-bond donors (Lipinski definition) is 1. The lowest BCUT2D eigenvalue weighted by atomic mass is 10.1. The number of aromatic hydroxyl groups is 1. The third kappa shape index (κ3) is 3.91. The van der Waals surface area contributed by atoms with Crippen molar-refractivity contribution in [3.05, 3.63) is 53.8 Å². The summed E-state index contributed by atoms with van der Waals surface area (Å²) in [5.41, 5.74) is 3.08. The fourth-order valence-corrected chi connectivity index (χ4v) is 2.36. The highest BCUT2D eigenvalue weighted by atomic mass is 16.3. The topological polar surface area (TPSA) is 26.7 Å². The molecule has 2 rings (SSSR count). The molecule has 0 aliphatic carbocycles. The van der Waals surface area contributed by atoms with Crippen molar-refractivity contribution in [1.82, 2.24) is 4.90 Å². The van der Waals surface area contributed by atoms with Crippen molar-refractivity contribution in [1.29, 1.82) is 0 Å². The van der Waals surface area contributed by atoms with E-state index in [-0.39, 0.29) is 0 Å². The van der Waals surface area contributed by atoms with Crippen LogP contribution >= 0.6 is 0 Å². The fraction of sp³-hybridized carbons (Fsp3) is 0.333. The zero-order valence-electron chi connectivity index (χ0n) is 13.1. The normalized spacial score (nSPS) is 14.6. The van der Waals surface area contributed by atoms with Crippen molar-refractivity contribution >= 4 is 11.8 Å². The van der Waals surface area contributed by atoms with Gasteiger partial charge in [0.2, 0.25) is 0 Å².